The monoisotopic (exact) mass is 512 g/mol. The van der Waals surface area contributed by atoms with E-state index in [1.807, 2.05) is 18.2 Å². The highest BCUT2D eigenvalue weighted by Crippen LogP contribution is 2.34. The molecular formula is C18H14BrIN2O3. The SMILES string of the molecule is COc1cc(I)cc(/C=C(/C#N)C(=O)Nc2ccc(Br)cc2)c1OC. The highest BCUT2D eigenvalue weighted by atomic mass is 127. The number of hydrogen-bond donors (Lipinski definition) is 1. The maximum Gasteiger partial charge on any atom is 0.266 e. The van der Waals surface area contributed by atoms with E-state index in [-0.39, 0.29) is 5.57 Å². The molecule has 1 amide bonds. The topological polar surface area (TPSA) is 71.3 Å². The second-order valence-corrected chi connectivity index (χ2v) is 7.02. The fourth-order valence-corrected chi connectivity index (χ4v) is 2.98. The van der Waals surface area contributed by atoms with Gasteiger partial charge >= 0.3 is 0 Å². The van der Waals surface area contributed by atoms with E-state index in [4.69, 9.17) is 9.47 Å². The zero-order valence-electron chi connectivity index (χ0n) is 13.5. The molecule has 0 fully saturated rings. The Morgan fingerprint density at radius 3 is 2.48 bits per heavy atom. The van der Waals surface area contributed by atoms with Crippen molar-refractivity contribution in [3.63, 3.8) is 0 Å². The smallest absolute Gasteiger partial charge is 0.266 e. The molecule has 7 heteroatoms. The summed E-state index contributed by atoms with van der Waals surface area (Å²) < 4.78 is 12.4. The molecular weight excluding hydrogens is 499 g/mol. The first-order valence-electron chi connectivity index (χ1n) is 7.08. The molecule has 0 radical (unpaired) electrons. The Labute approximate surface area is 167 Å². The van der Waals surface area contributed by atoms with Crippen LogP contribution in [0, 0.1) is 14.9 Å². The van der Waals surface area contributed by atoms with Crippen molar-refractivity contribution in [2.45, 2.75) is 0 Å². The quantitative estimate of drug-likeness (QED) is 0.360. The van der Waals surface area contributed by atoms with E-state index in [0.717, 1.165) is 8.04 Å². The van der Waals surface area contributed by atoms with Gasteiger partial charge in [0, 0.05) is 19.3 Å². The Bertz CT molecular complexity index is 858. The van der Waals surface area contributed by atoms with Gasteiger partial charge in [0.25, 0.3) is 5.91 Å². The number of amides is 1. The molecule has 0 saturated carbocycles. The van der Waals surface area contributed by atoms with Gasteiger partial charge < -0.3 is 14.8 Å². The third-order valence-corrected chi connectivity index (χ3v) is 4.39. The first-order chi connectivity index (χ1) is 12.0. The number of hydrogen-bond acceptors (Lipinski definition) is 4. The number of ether oxygens (including phenoxy) is 2. The number of rotatable bonds is 5. The number of carbonyl (C=O) groups is 1. The van der Waals surface area contributed by atoms with E-state index in [1.165, 1.54) is 20.3 Å². The molecule has 0 spiro atoms. The predicted octanol–water partition coefficient (Wildman–Crippen LogP) is 4.62. The summed E-state index contributed by atoms with van der Waals surface area (Å²) in [5.41, 5.74) is 1.15. The molecule has 0 heterocycles. The maximum atomic E-state index is 12.4. The van der Waals surface area contributed by atoms with Crippen molar-refractivity contribution in [3.05, 3.63) is 55.6 Å². The van der Waals surface area contributed by atoms with Crippen LogP contribution in [0.3, 0.4) is 0 Å². The van der Waals surface area contributed by atoms with Crippen LogP contribution in [-0.4, -0.2) is 20.1 Å². The molecule has 0 unspecified atom stereocenters. The number of carbonyl (C=O) groups excluding carboxylic acids is 1. The van der Waals surface area contributed by atoms with Crippen molar-refractivity contribution in [1.82, 2.24) is 0 Å². The highest BCUT2D eigenvalue weighted by Gasteiger charge is 2.14. The third-order valence-electron chi connectivity index (χ3n) is 3.24. The molecule has 0 saturated heterocycles. The van der Waals surface area contributed by atoms with Crippen molar-refractivity contribution in [2.75, 3.05) is 19.5 Å². The standard InChI is InChI=1S/C18H14BrIN2O3/c1-24-16-9-14(20)8-11(17(16)25-2)7-12(10-21)18(23)22-15-5-3-13(19)4-6-15/h3-9H,1-2H3,(H,22,23)/b12-7-. The highest BCUT2D eigenvalue weighted by molar-refractivity contribution is 14.1. The van der Waals surface area contributed by atoms with E-state index < -0.39 is 5.91 Å². The number of nitrogens with one attached hydrogen (secondary N) is 1. The van der Waals surface area contributed by atoms with Crippen LogP contribution in [0.25, 0.3) is 6.08 Å². The van der Waals surface area contributed by atoms with Gasteiger partial charge in [-0.1, -0.05) is 15.9 Å². The van der Waals surface area contributed by atoms with Crippen LogP contribution >= 0.6 is 38.5 Å². The molecule has 5 nitrogen and oxygen atoms in total. The summed E-state index contributed by atoms with van der Waals surface area (Å²) in [5, 5.41) is 12.1. The molecule has 2 rings (SSSR count). The Morgan fingerprint density at radius 1 is 1.24 bits per heavy atom. The van der Waals surface area contributed by atoms with Gasteiger partial charge in [0.2, 0.25) is 0 Å². The van der Waals surface area contributed by atoms with E-state index in [9.17, 15) is 10.1 Å². The number of nitriles is 1. The Balaban J connectivity index is 2.37. The zero-order valence-corrected chi connectivity index (χ0v) is 17.2. The van der Waals surface area contributed by atoms with Crippen molar-refractivity contribution in [2.24, 2.45) is 0 Å². The number of nitrogens with zero attached hydrogens (tertiary/aromatic N) is 1. The first-order valence-corrected chi connectivity index (χ1v) is 8.96. The van der Waals surface area contributed by atoms with Gasteiger partial charge in [-0.15, -0.1) is 0 Å². The lowest BCUT2D eigenvalue weighted by atomic mass is 10.1. The number of methoxy groups -OCH3 is 2. The predicted molar refractivity (Wildman–Crippen MR) is 109 cm³/mol. The molecule has 0 atom stereocenters. The van der Waals surface area contributed by atoms with Gasteiger partial charge in [-0.25, -0.2) is 0 Å². The maximum absolute atomic E-state index is 12.4. The van der Waals surface area contributed by atoms with Crippen LogP contribution in [-0.2, 0) is 4.79 Å². The molecule has 2 aromatic carbocycles. The van der Waals surface area contributed by atoms with Gasteiger partial charge in [0.15, 0.2) is 11.5 Å². The van der Waals surface area contributed by atoms with E-state index in [1.54, 1.807) is 24.3 Å². The lowest BCUT2D eigenvalue weighted by Crippen LogP contribution is -2.13. The minimum Gasteiger partial charge on any atom is -0.493 e. The van der Waals surface area contributed by atoms with E-state index in [2.05, 4.69) is 43.8 Å². The second-order valence-electron chi connectivity index (χ2n) is 4.86. The van der Waals surface area contributed by atoms with Crippen molar-refractivity contribution in [3.8, 4) is 17.6 Å². The normalized spacial score (nSPS) is 10.8. The summed E-state index contributed by atoms with van der Waals surface area (Å²) in [6, 6.07) is 12.6. The molecule has 0 aliphatic rings. The van der Waals surface area contributed by atoms with Crippen LogP contribution < -0.4 is 14.8 Å². The van der Waals surface area contributed by atoms with Crippen LogP contribution in [0.4, 0.5) is 5.69 Å². The van der Waals surface area contributed by atoms with Gasteiger partial charge in [0.05, 0.1) is 14.2 Å². The summed E-state index contributed by atoms with van der Waals surface area (Å²) in [7, 11) is 3.04. The molecule has 0 aromatic heterocycles. The van der Waals surface area contributed by atoms with Crippen molar-refractivity contribution in [1.29, 1.82) is 5.26 Å². The summed E-state index contributed by atoms with van der Waals surface area (Å²) in [6.07, 6.45) is 1.48. The molecule has 2 aromatic rings. The lowest BCUT2D eigenvalue weighted by molar-refractivity contribution is -0.112. The van der Waals surface area contributed by atoms with Crippen molar-refractivity contribution < 1.29 is 14.3 Å². The number of halogens is 2. The van der Waals surface area contributed by atoms with E-state index >= 15 is 0 Å². The van der Waals surface area contributed by atoms with Crippen LogP contribution in [0.1, 0.15) is 5.56 Å². The van der Waals surface area contributed by atoms with Gasteiger partial charge in [-0.2, -0.15) is 5.26 Å². The molecule has 1 N–H and O–H groups in total. The minimum atomic E-state index is -0.496. The Kier molecular flexibility index (Phi) is 6.84. The molecule has 0 aliphatic carbocycles. The number of benzene rings is 2. The molecule has 25 heavy (non-hydrogen) atoms. The third kappa shape index (κ3) is 4.96. The average molecular weight is 513 g/mol. The molecule has 0 bridgehead atoms. The number of anilines is 1. The van der Waals surface area contributed by atoms with E-state index in [0.29, 0.717) is 22.7 Å². The Hall–Kier alpha value is -2.05. The zero-order chi connectivity index (χ0) is 18.4. The van der Waals surface area contributed by atoms with Gasteiger partial charge in [0.1, 0.15) is 11.6 Å². The van der Waals surface area contributed by atoms with Crippen LogP contribution in [0.5, 0.6) is 11.5 Å². The molecule has 0 aliphatic heterocycles. The largest absolute Gasteiger partial charge is 0.493 e. The van der Waals surface area contributed by atoms with Crippen LogP contribution in [0.2, 0.25) is 0 Å². The average Bonchev–Trinajstić information content (AvgIpc) is 2.60. The minimum absolute atomic E-state index is 0.0368. The first kappa shape index (κ1) is 19.3. The van der Waals surface area contributed by atoms with Crippen LogP contribution in [0.15, 0.2) is 46.4 Å². The molecule has 128 valence electrons. The lowest BCUT2D eigenvalue weighted by Gasteiger charge is -2.12. The summed E-state index contributed by atoms with van der Waals surface area (Å²) in [6.45, 7) is 0. The second kappa shape index (κ2) is 8.87. The van der Waals surface area contributed by atoms with Gasteiger partial charge in [-0.05, 0) is 65.1 Å². The fraction of sp³-hybridized carbons (Fsp3) is 0.111. The summed E-state index contributed by atoms with van der Waals surface area (Å²) in [4.78, 5) is 12.4. The Morgan fingerprint density at radius 2 is 1.92 bits per heavy atom. The summed E-state index contributed by atoms with van der Waals surface area (Å²) in [5.74, 6) is 0.503. The summed E-state index contributed by atoms with van der Waals surface area (Å²) >= 11 is 5.46. The fourth-order valence-electron chi connectivity index (χ4n) is 2.10. The van der Waals surface area contributed by atoms with Gasteiger partial charge in [-0.3, -0.25) is 4.79 Å². The van der Waals surface area contributed by atoms with Crippen molar-refractivity contribution >= 4 is 56.2 Å².